The van der Waals surface area contributed by atoms with E-state index in [-0.39, 0.29) is 0 Å². The molecule has 0 aliphatic heterocycles. The van der Waals surface area contributed by atoms with Crippen molar-refractivity contribution in [1.29, 1.82) is 0 Å². The van der Waals surface area contributed by atoms with Crippen LogP contribution in [0.15, 0.2) is 4.47 Å². The summed E-state index contributed by atoms with van der Waals surface area (Å²) < 4.78 is 3.23. The van der Waals surface area contributed by atoms with Gasteiger partial charge in [0.05, 0.1) is 15.9 Å². The molecule has 4 heteroatoms. The van der Waals surface area contributed by atoms with Gasteiger partial charge >= 0.3 is 0 Å². The van der Waals surface area contributed by atoms with E-state index in [4.69, 9.17) is 11.6 Å². The molecule has 1 aliphatic rings. The Morgan fingerprint density at radius 1 is 1.33 bits per heavy atom. The molecule has 2 nitrogen and oxygen atoms in total. The van der Waals surface area contributed by atoms with Crippen molar-refractivity contribution < 1.29 is 0 Å². The van der Waals surface area contributed by atoms with Gasteiger partial charge in [0.2, 0.25) is 0 Å². The minimum atomic E-state index is 0.293. The Labute approximate surface area is 123 Å². The summed E-state index contributed by atoms with van der Waals surface area (Å²) in [6.07, 6.45) is 8.56. The van der Waals surface area contributed by atoms with Crippen LogP contribution in [0.2, 0.25) is 0 Å². The minimum absolute atomic E-state index is 0.293. The Morgan fingerprint density at radius 3 is 2.50 bits per heavy atom. The maximum Gasteiger partial charge on any atom is 0.0766 e. The molecule has 0 N–H and O–H groups in total. The fourth-order valence-corrected chi connectivity index (χ4v) is 4.14. The Hall–Kier alpha value is -0.0200. The van der Waals surface area contributed by atoms with Crippen molar-refractivity contribution in [2.75, 3.05) is 5.88 Å². The SMILES string of the molecule is CCc1nn(C)c(CC2(CCl)CCCCC2)c1Br. The Morgan fingerprint density at radius 2 is 2.00 bits per heavy atom. The number of aromatic nitrogens is 2. The van der Waals surface area contributed by atoms with Gasteiger partial charge in [-0.25, -0.2) is 0 Å². The third kappa shape index (κ3) is 2.77. The van der Waals surface area contributed by atoms with E-state index >= 15 is 0 Å². The first-order valence-corrected chi connectivity index (χ1v) is 8.21. The summed E-state index contributed by atoms with van der Waals surface area (Å²) in [5, 5.41) is 4.59. The molecule has 0 spiro atoms. The van der Waals surface area contributed by atoms with E-state index in [0.717, 1.165) is 24.4 Å². The van der Waals surface area contributed by atoms with Gasteiger partial charge in [0.15, 0.2) is 0 Å². The summed E-state index contributed by atoms with van der Waals surface area (Å²) in [6, 6.07) is 0. The van der Waals surface area contributed by atoms with Crippen LogP contribution in [0, 0.1) is 5.41 Å². The number of nitrogens with zero attached hydrogens (tertiary/aromatic N) is 2. The number of halogens is 2. The summed E-state index contributed by atoms with van der Waals surface area (Å²) in [5.74, 6) is 0.770. The lowest BCUT2D eigenvalue weighted by molar-refractivity contribution is 0.215. The lowest BCUT2D eigenvalue weighted by atomic mass is 9.72. The normalized spacial score (nSPS) is 19.1. The molecule has 1 aromatic rings. The van der Waals surface area contributed by atoms with Crippen LogP contribution < -0.4 is 0 Å². The van der Waals surface area contributed by atoms with Gasteiger partial charge in [-0.05, 0) is 47.0 Å². The molecule has 1 heterocycles. The van der Waals surface area contributed by atoms with Gasteiger partial charge < -0.3 is 0 Å². The first-order valence-electron chi connectivity index (χ1n) is 6.88. The molecule has 1 fully saturated rings. The Balaban J connectivity index is 2.24. The molecule has 1 aliphatic carbocycles. The van der Waals surface area contributed by atoms with E-state index in [1.54, 1.807) is 0 Å². The monoisotopic (exact) mass is 332 g/mol. The zero-order valence-electron chi connectivity index (χ0n) is 11.3. The van der Waals surface area contributed by atoms with Crippen LogP contribution in [0.3, 0.4) is 0 Å². The number of rotatable bonds is 4. The fourth-order valence-electron chi connectivity index (χ4n) is 3.03. The molecule has 102 valence electrons. The van der Waals surface area contributed by atoms with Crippen molar-refractivity contribution in [2.24, 2.45) is 12.5 Å². The number of hydrogen-bond donors (Lipinski definition) is 0. The van der Waals surface area contributed by atoms with Crippen LogP contribution in [0.1, 0.15) is 50.4 Å². The van der Waals surface area contributed by atoms with Crippen molar-refractivity contribution in [3.05, 3.63) is 15.9 Å². The number of aryl methyl sites for hydroxylation is 2. The van der Waals surface area contributed by atoms with Gasteiger partial charge in [-0.3, -0.25) is 4.68 Å². The van der Waals surface area contributed by atoms with Crippen molar-refractivity contribution in [1.82, 2.24) is 9.78 Å². The summed E-state index contributed by atoms with van der Waals surface area (Å²) in [4.78, 5) is 0. The second-order valence-electron chi connectivity index (χ2n) is 5.56. The Bertz CT molecular complexity index is 408. The predicted octanol–water partition coefficient (Wildman–Crippen LogP) is 4.48. The first-order chi connectivity index (χ1) is 8.62. The predicted molar refractivity (Wildman–Crippen MR) is 80.2 cm³/mol. The van der Waals surface area contributed by atoms with Crippen molar-refractivity contribution in [3.8, 4) is 0 Å². The average Bonchev–Trinajstić information content (AvgIpc) is 2.67. The lowest BCUT2D eigenvalue weighted by Crippen LogP contribution is -2.29. The van der Waals surface area contributed by atoms with E-state index in [0.29, 0.717) is 5.41 Å². The van der Waals surface area contributed by atoms with Crippen LogP contribution in [0.5, 0.6) is 0 Å². The smallest absolute Gasteiger partial charge is 0.0766 e. The summed E-state index contributed by atoms with van der Waals surface area (Å²) in [5.41, 5.74) is 2.77. The van der Waals surface area contributed by atoms with Gasteiger partial charge in [0.1, 0.15) is 0 Å². The van der Waals surface area contributed by atoms with Gasteiger partial charge in [0.25, 0.3) is 0 Å². The molecule has 18 heavy (non-hydrogen) atoms. The molecule has 1 aromatic heterocycles. The van der Waals surface area contributed by atoms with Crippen LogP contribution >= 0.6 is 27.5 Å². The van der Waals surface area contributed by atoms with Gasteiger partial charge in [0, 0.05) is 12.9 Å². The number of hydrogen-bond acceptors (Lipinski definition) is 1. The standard InChI is InChI=1S/C14H22BrClN2/c1-3-11-13(15)12(18(2)17-11)9-14(10-16)7-5-4-6-8-14/h3-10H2,1-2H3. The van der Waals surface area contributed by atoms with Crippen LogP contribution in [-0.4, -0.2) is 15.7 Å². The Kier molecular flexibility index (Phi) is 4.76. The second-order valence-corrected chi connectivity index (χ2v) is 6.62. The largest absolute Gasteiger partial charge is 0.271 e. The topological polar surface area (TPSA) is 17.8 Å². The molecule has 0 saturated heterocycles. The zero-order chi connectivity index (χ0) is 13.2. The summed E-state index contributed by atoms with van der Waals surface area (Å²) in [6.45, 7) is 2.15. The van der Waals surface area contributed by atoms with Crippen LogP contribution in [-0.2, 0) is 19.9 Å². The highest BCUT2D eigenvalue weighted by atomic mass is 79.9. The maximum absolute atomic E-state index is 6.29. The molecule has 0 atom stereocenters. The molecule has 0 radical (unpaired) electrons. The quantitative estimate of drug-likeness (QED) is 0.743. The lowest BCUT2D eigenvalue weighted by Gasteiger charge is -2.35. The molecule has 0 bridgehead atoms. The van der Waals surface area contributed by atoms with E-state index in [1.165, 1.54) is 42.3 Å². The van der Waals surface area contributed by atoms with Crippen molar-refractivity contribution >= 4 is 27.5 Å². The van der Waals surface area contributed by atoms with Crippen molar-refractivity contribution in [3.63, 3.8) is 0 Å². The van der Waals surface area contributed by atoms with Gasteiger partial charge in [-0.2, -0.15) is 5.10 Å². The summed E-state index contributed by atoms with van der Waals surface area (Å²) in [7, 11) is 2.05. The average molecular weight is 334 g/mol. The minimum Gasteiger partial charge on any atom is -0.271 e. The van der Waals surface area contributed by atoms with E-state index in [2.05, 4.69) is 28.0 Å². The first kappa shape index (κ1) is 14.4. The summed E-state index contributed by atoms with van der Waals surface area (Å²) >= 11 is 10.0. The molecule has 0 aromatic carbocycles. The highest BCUT2D eigenvalue weighted by Gasteiger charge is 2.33. The highest BCUT2D eigenvalue weighted by molar-refractivity contribution is 9.10. The van der Waals surface area contributed by atoms with E-state index < -0.39 is 0 Å². The van der Waals surface area contributed by atoms with E-state index in [9.17, 15) is 0 Å². The molecule has 1 saturated carbocycles. The molecule has 0 unspecified atom stereocenters. The molecular weight excluding hydrogens is 312 g/mol. The van der Waals surface area contributed by atoms with Gasteiger partial charge in [-0.1, -0.05) is 26.2 Å². The zero-order valence-corrected chi connectivity index (χ0v) is 13.6. The number of alkyl halides is 1. The fraction of sp³-hybridized carbons (Fsp3) is 0.786. The van der Waals surface area contributed by atoms with E-state index in [1.807, 2.05) is 11.7 Å². The second kappa shape index (κ2) is 5.96. The van der Waals surface area contributed by atoms with Crippen molar-refractivity contribution in [2.45, 2.75) is 51.9 Å². The third-order valence-corrected chi connectivity index (χ3v) is 5.73. The molecule has 0 amide bonds. The van der Waals surface area contributed by atoms with Gasteiger partial charge in [-0.15, -0.1) is 11.6 Å². The molecule has 2 rings (SSSR count). The van der Waals surface area contributed by atoms with Crippen LogP contribution in [0.25, 0.3) is 0 Å². The highest BCUT2D eigenvalue weighted by Crippen LogP contribution is 2.41. The van der Waals surface area contributed by atoms with Crippen LogP contribution in [0.4, 0.5) is 0 Å². The molecular formula is C14H22BrClN2. The third-order valence-electron chi connectivity index (χ3n) is 4.24. The maximum atomic E-state index is 6.29.